The third-order valence-electron chi connectivity index (χ3n) is 5.70. The van der Waals surface area contributed by atoms with Crippen molar-refractivity contribution < 1.29 is 41.0 Å². The standard InChI is InChI=1S/C22H25F6N5O3S/c1-2-37-7-4-20(29,30-15-9-13(21(23,24)25)8-14(10-15)22(26,27)28)19(36)32-5-3-6-33-16(12-32)11-17(31-33)18(34)35/h8-11,30H,2-7,12,29H2,1H3,(H,34,35)/t20-/m1/s1. The number of carboxylic acids is 1. The number of anilines is 1. The van der Waals surface area contributed by atoms with Gasteiger partial charge in [-0.15, -0.1) is 0 Å². The third kappa shape index (κ3) is 6.89. The van der Waals surface area contributed by atoms with Crippen molar-refractivity contribution in [2.24, 2.45) is 5.73 Å². The van der Waals surface area contributed by atoms with Gasteiger partial charge in [0.25, 0.3) is 5.91 Å². The minimum atomic E-state index is -5.07. The van der Waals surface area contributed by atoms with Crippen molar-refractivity contribution >= 4 is 29.3 Å². The van der Waals surface area contributed by atoms with Gasteiger partial charge < -0.3 is 21.1 Å². The highest BCUT2D eigenvalue weighted by atomic mass is 32.2. The molecule has 1 aromatic heterocycles. The third-order valence-corrected chi connectivity index (χ3v) is 6.60. The number of alkyl halides is 6. The number of carboxylic acid groups (broad SMARTS) is 1. The maximum atomic E-state index is 13.6. The van der Waals surface area contributed by atoms with Gasteiger partial charge in [0.05, 0.1) is 23.4 Å². The number of hydrogen-bond acceptors (Lipinski definition) is 6. The van der Waals surface area contributed by atoms with Crippen LogP contribution in [0.3, 0.4) is 0 Å². The summed E-state index contributed by atoms with van der Waals surface area (Å²) in [4.78, 5) is 26.2. The lowest BCUT2D eigenvalue weighted by Gasteiger charge is -2.35. The number of hydrogen-bond donors (Lipinski definition) is 3. The second-order valence-corrected chi connectivity index (χ2v) is 9.86. The molecule has 0 radical (unpaired) electrons. The monoisotopic (exact) mass is 553 g/mol. The number of nitrogens with two attached hydrogens (primary N) is 1. The second kappa shape index (κ2) is 10.8. The van der Waals surface area contributed by atoms with Gasteiger partial charge in [-0.05, 0) is 42.2 Å². The highest BCUT2D eigenvalue weighted by Crippen LogP contribution is 2.38. The Morgan fingerprint density at radius 1 is 1.08 bits per heavy atom. The Kier molecular flexibility index (Phi) is 8.37. The van der Waals surface area contributed by atoms with Crippen LogP contribution in [-0.4, -0.2) is 55.4 Å². The van der Waals surface area contributed by atoms with Crippen LogP contribution < -0.4 is 11.1 Å². The Hall–Kier alpha value is -2.94. The Labute approximate surface area is 212 Å². The largest absolute Gasteiger partial charge is 0.476 e. The highest BCUT2D eigenvalue weighted by molar-refractivity contribution is 7.99. The SMILES string of the molecule is CCSCC[C@@](N)(Nc1cc(C(F)(F)F)cc(C(F)(F)F)c1)C(=O)N1CCCn2nc(C(=O)O)cc2C1. The molecule has 2 heterocycles. The van der Waals surface area contributed by atoms with Crippen LogP contribution in [0.25, 0.3) is 0 Å². The first-order valence-electron chi connectivity index (χ1n) is 11.2. The molecule has 0 spiro atoms. The summed E-state index contributed by atoms with van der Waals surface area (Å²) in [5.41, 5.74) is 0.860. The fraction of sp³-hybridized carbons (Fsp3) is 0.500. The molecule has 0 saturated heterocycles. The molecular formula is C22H25F6N5O3S. The van der Waals surface area contributed by atoms with Crippen molar-refractivity contribution in [2.75, 3.05) is 23.4 Å². The van der Waals surface area contributed by atoms with Crippen molar-refractivity contribution in [1.82, 2.24) is 14.7 Å². The van der Waals surface area contributed by atoms with Crippen LogP contribution in [0.5, 0.6) is 0 Å². The van der Waals surface area contributed by atoms with Gasteiger partial charge in [0, 0.05) is 25.2 Å². The molecule has 0 bridgehead atoms. The summed E-state index contributed by atoms with van der Waals surface area (Å²) in [5, 5.41) is 15.6. The summed E-state index contributed by atoms with van der Waals surface area (Å²) in [6, 6.07) is 2.25. The second-order valence-electron chi connectivity index (χ2n) is 8.47. The predicted octanol–water partition coefficient (Wildman–Crippen LogP) is 4.26. The lowest BCUT2D eigenvalue weighted by Crippen LogP contribution is -2.60. The van der Waals surface area contributed by atoms with Crippen molar-refractivity contribution in [3.63, 3.8) is 0 Å². The number of aromatic nitrogens is 2. The summed E-state index contributed by atoms with van der Waals surface area (Å²) in [6.45, 7) is 2.24. The Balaban J connectivity index is 1.97. The van der Waals surface area contributed by atoms with E-state index < -0.39 is 46.7 Å². The summed E-state index contributed by atoms with van der Waals surface area (Å²) in [6.07, 6.45) is -9.86. The molecule has 1 atom stereocenters. The zero-order chi connectivity index (χ0) is 27.6. The minimum Gasteiger partial charge on any atom is -0.476 e. The number of halogens is 6. The van der Waals surface area contributed by atoms with Gasteiger partial charge in [-0.25, -0.2) is 4.79 Å². The number of carbonyl (C=O) groups is 2. The van der Waals surface area contributed by atoms with E-state index in [1.807, 2.05) is 6.92 Å². The molecule has 1 aliphatic heterocycles. The molecule has 3 rings (SSSR count). The van der Waals surface area contributed by atoms with E-state index in [4.69, 9.17) is 5.73 Å². The highest BCUT2D eigenvalue weighted by Gasteiger charge is 2.41. The maximum absolute atomic E-state index is 13.6. The molecular weight excluding hydrogens is 528 g/mol. The summed E-state index contributed by atoms with van der Waals surface area (Å²) in [5.74, 6) is -1.06. The zero-order valence-electron chi connectivity index (χ0n) is 19.6. The molecule has 1 aromatic carbocycles. The van der Waals surface area contributed by atoms with E-state index >= 15 is 0 Å². The van der Waals surface area contributed by atoms with E-state index in [0.717, 1.165) is 0 Å². The van der Waals surface area contributed by atoms with Gasteiger partial charge in [0.1, 0.15) is 0 Å². The van der Waals surface area contributed by atoms with E-state index in [1.54, 1.807) is 0 Å². The molecule has 0 fully saturated rings. The van der Waals surface area contributed by atoms with Gasteiger partial charge in [0.2, 0.25) is 0 Å². The molecule has 0 unspecified atom stereocenters. The number of aryl methyl sites for hydroxylation is 1. The predicted molar refractivity (Wildman–Crippen MR) is 124 cm³/mol. The van der Waals surface area contributed by atoms with E-state index in [-0.39, 0.29) is 31.3 Å². The normalized spacial score (nSPS) is 16.1. The number of amides is 1. The number of thioether (sulfide) groups is 1. The zero-order valence-corrected chi connectivity index (χ0v) is 20.4. The molecule has 1 aliphatic rings. The maximum Gasteiger partial charge on any atom is 0.416 e. The van der Waals surface area contributed by atoms with Gasteiger partial charge in [-0.1, -0.05) is 6.92 Å². The molecule has 2 aromatic rings. The quantitative estimate of drug-likeness (QED) is 0.254. The van der Waals surface area contributed by atoms with Gasteiger partial charge in [-0.2, -0.15) is 43.2 Å². The summed E-state index contributed by atoms with van der Waals surface area (Å²) < 4.78 is 81.6. The molecule has 204 valence electrons. The molecule has 4 N–H and O–H groups in total. The summed E-state index contributed by atoms with van der Waals surface area (Å²) >= 11 is 1.39. The van der Waals surface area contributed by atoms with Crippen molar-refractivity contribution in [3.8, 4) is 0 Å². The van der Waals surface area contributed by atoms with Crippen molar-refractivity contribution in [3.05, 3.63) is 46.8 Å². The molecule has 37 heavy (non-hydrogen) atoms. The summed E-state index contributed by atoms with van der Waals surface area (Å²) in [7, 11) is 0. The van der Waals surface area contributed by atoms with E-state index in [0.29, 0.717) is 42.3 Å². The lowest BCUT2D eigenvalue weighted by molar-refractivity contribution is -0.143. The first-order chi connectivity index (χ1) is 17.1. The van der Waals surface area contributed by atoms with E-state index in [1.165, 1.54) is 27.4 Å². The van der Waals surface area contributed by atoms with Crippen LogP contribution in [0.4, 0.5) is 32.0 Å². The number of rotatable bonds is 8. The Morgan fingerprint density at radius 2 is 1.70 bits per heavy atom. The number of benzene rings is 1. The van der Waals surface area contributed by atoms with Crippen LogP contribution in [0.2, 0.25) is 0 Å². The fourth-order valence-electron chi connectivity index (χ4n) is 3.91. The molecule has 1 amide bonds. The van der Waals surface area contributed by atoms with Crippen LogP contribution in [-0.2, 0) is 30.2 Å². The number of nitrogens with one attached hydrogen (secondary N) is 1. The average Bonchev–Trinajstić information content (AvgIpc) is 3.09. The number of carbonyl (C=O) groups excluding carboxylic acids is 1. The van der Waals surface area contributed by atoms with Crippen LogP contribution >= 0.6 is 11.8 Å². The lowest BCUT2D eigenvalue weighted by atomic mass is 10.0. The first-order valence-corrected chi connectivity index (χ1v) is 12.3. The molecule has 8 nitrogen and oxygen atoms in total. The number of nitrogens with zero attached hydrogens (tertiary/aromatic N) is 3. The average molecular weight is 554 g/mol. The smallest absolute Gasteiger partial charge is 0.416 e. The van der Waals surface area contributed by atoms with E-state index in [9.17, 15) is 41.0 Å². The molecule has 0 aliphatic carbocycles. The molecule has 0 saturated carbocycles. The number of fused-ring (bicyclic) bond motifs is 1. The first kappa shape index (κ1) is 28.6. The van der Waals surface area contributed by atoms with E-state index in [2.05, 4.69) is 10.4 Å². The minimum absolute atomic E-state index is 0.00583. The number of aromatic carboxylic acids is 1. The van der Waals surface area contributed by atoms with Crippen molar-refractivity contribution in [2.45, 2.75) is 50.9 Å². The Bertz CT molecular complexity index is 1120. The van der Waals surface area contributed by atoms with Gasteiger partial charge >= 0.3 is 18.3 Å². The van der Waals surface area contributed by atoms with Crippen molar-refractivity contribution in [1.29, 1.82) is 0 Å². The van der Waals surface area contributed by atoms with Crippen LogP contribution in [0.15, 0.2) is 24.3 Å². The Morgan fingerprint density at radius 3 is 2.24 bits per heavy atom. The topological polar surface area (TPSA) is 113 Å². The fourth-order valence-corrected chi connectivity index (χ4v) is 4.66. The molecule has 15 heteroatoms. The van der Waals surface area contributed by atoms with Crippen LogP contribution in [0, 0.1) is 0 Å². The van der Waals surface area contributed by atoms with Gasteiger partial charge in [0.15, 0.2) is 11.4 Å². The van der Waals surface area contributed by atoms with Gasteiger partial charge in [-0.3, -0.25) is 9.48 Å². The van der Waals surface area contributed by atoms with Crippen LogP contribution in [0.1, 0.15) is 47.1 Å².